The van der Waals surface area contributed by atoms with Crippen LogP contribution in [0.15, 0.2) is 48.5 Å². The van der Waals surface area contributed by atoms with E-state index in [2.05, 4.69) is 91.1 Å². The molecule has 2 aromatic carbocycles. The van der Waals surface area contributed by atoms with Crippen LogP contribution in [0, 0.1) is 0 Å². The third-order valence-electron chi connectivity index (χ3n) is 4.34. The predicted octanol–water partition coefficient (Wildman–Crippen LogP) is 5.20. The van der Waals surface area contributed by atoms with Crippen molar-refractivity contribution in [2.75, 3.05) is 0 Å². The third kappa shape index (κ3) is 10.9. The Bertz CT molecular complexity index is 714. The Morgan fingerprint density at radius 3 is 1.03 bits per heavy atom. The van der Waals surface area contributed by atoms with Crippen LogP contribution in [0.4, 0.5) is 0 Å². The fourth-order valence-corrected chi connectivity index (χ4v) is 2.91. The number of carbonyl (C=O) groups excluding carboxylic acids is 2. The summed E-state index contributed by atoms with van der Waals surface area (Å²) in [4.78, 5) is 21.4. The molecule has 0 N–H and O–H groups in total. The number of benzene rings is 2. The van der Waals surface area contributed by atoms with E-state index in [1.54, 1.807) is 0 Å². The van der Waals surface area contributed by atoms with Crippen molar-refractivity contribution < 1.29 is 26.1 Å². The molecule has 2 aromatic rings. The van der Waals surface area contributed by atoms with Gasteiger partial charge in [-0.2, -0.15) is 0 Å². The normalized spacial score (nSPS) is 11.0. The van der Waals surface area contributed by atoms with Gasteiger partial charge in [-0.1, -0.05) is 90.1 Å². The van der Waals surface area contributed by atoms with Gasteiger partial charge < -0.3 is 34.8 Å². The summed E-state index contributed by atoms with van der Waals surface area (Å²) in [7, 11) is 0. The summed E-state index contributed by atoms with van der Waals surface area (Å²) in [5, 5.41) is -0.401. The third-order valence-corrected chi connectivity index (χ3v) is 4.63. The van der Waals surface area contributed by atoms with E-state index in [0.29, 0.717) is 12.8 Å². The average molecular weight is 473 g/mol. The largest absolute Gasteiger partial charge is 2.00 e. The molecular formula is C24H30NiO2S2. The van der Waals surface area contributed by atoms with Gasteiger partial charge in [-0.15, -0.1) is 0 Å². The quantitative estimate of drug-likeness (QED) is 0.452. The van der Waals surface area contributed by atoms with Crippen molar-refractivity contribution >= 4 is 35.5 Å². The fraction of sp³-hybridized carbons (Fsp3) is 0.417. The molecule has 0 unspecified atom stereocenters. The molecule has 0 fully saturated rings. The summed E-state index contributed by atoms with van der Waals surface area (Å²) in [5.41, 5.74) is 4.87. The summed E-state index contributed by atoms with van der Waals surface area (Å²) in [5.74, 6) is 0. The standard InChI is InChI=1S/2C12H16OS.Ni/c2*1-12(2,3)10-6-4-9(5-7-10)8-11(13)14;/h2*4-7H,8H2,1-3H3,(H,13,14);/q;;+2/p-2. The molecule has 2 rings (SSSR count). The molecule has 0 saturated heterocycles. The van der Waals surface area contributed by atoms with Crippen molar-refractivity contribution in [3.63, 3.8) is 0 Å². The second-order valence-corrected chi connectivity index (χ2v) is 9.90. The van der Waals surface area contributed by atoms with Crippen molar-refractivity contribution in [3.05, 3.63) is 70.8 Å². The van der Waals surface area contributed by atoms with Crippen LogP contribution in [0.25, 0.3) is 0 Å². The van der Waals surface area contributed by atoms with Crippen molar-refractivity contribution in [3.8, 4) is 0 Å². The first-order valence-corrected chi connectivity index (χ1v) is 10.2. The molecule has 0 spiro atoms. The van der Waals surface area contributed by atoms with Gasteiger partial charge in [-0.25, -0.2) is 0 Å². The average Bonchev–Trinajstić information content (AvgIpc) is 2.53. The fourth-order valence-electron chi connectivity index (χ4n) is 2.58. The maximum absolute atomic E-state index is 10.7. The maximum atomic E-state index is 10.7. The Kier molecular flexibility index (Phi) is 11.3. The van der Waals surface area contributed by atoms with Gasteiger partial charge in [0.2, 0.25) is 0 Å². The summed E-state index contributed by atoms with van der Waals surface area (Å²) in [6, 6.07) is 16.2. The Labute approximate surface area is 197 Å². The second kappa shape index (κ2) is 11.8. The minimum atomic E-state index is -0.200. The zero-order valence-electron chi connectivity index (χ0n) is 18.0. The van der Waals surface area contributed by atoms with Gasteiger partial charge in [0.15, 0.2) is 0 Å². The smallest absolute Gasteiger partial charge is 0.742 e. The molecule has 0 aliphatic carbocycles. The molecular weight excluding hydrogens is 443 g/mol. The van der Waals surface area contributed by atoms with Crippen molar-refractivity contribution in [2.45, 2.75) is 65.2 Å². The van der Waals surface area contributed by atoms with E-state index in [4.69, 9.17) is 0 Å². The molecule has 0 amide bonds. The van der Waals surface area contributed by atoms with Crippen LogP contribution >= 0.6 is 0 Å². The molecule has 5 heteroatoms. The minimum Gasteiger partial charge on any atom is -0.742 e. The van der Waals surface area contributed by atoms with Gasteiger partial charge in [-0.3, -0.25) is 0 Å². The minimum absolute atomic E-state index is 0. The number of hydrogen-bond donors (Lipinski definition) is 0. The number of rotatable bonds is 4. The molecule has 2 nitrogen and oxygen atoms in total. The maximum Gasteiger partial charge on any atom is 2.00 e. The van der Waals surface area contributed by atoms with E-state index in [1.807, 2.05) is 24.3 Å². The van der Waals surface area contributed by atoms with Crippen LogP contribution in [0.5, 0.6) is 0 Å². The van der Waals surface area contributed by atoms with Gasteiger partial charge in [0.25, 0.3) is 0 Å². The Morgan fingerprint density at radius 1 is 0.621 bits per heavy atom. The van der Waals surface area contributed by atoms with Crippen LogP contribution < -0.4 is 0 Å². The van der Waals surface area contributed by atoms with Crippen LogP contribution in [0.3, 0.4) is 0 Å². The van der Waals surface area contributed by atoms with E-state index >= 15 is 0 Å². The van der Waals surface area contributed by atoms with Crippen LogP contribution in [0.1, 0.15) is 63.8 Å². The zero-order valence-corrected chi connectivity index (χ0v) is 20.6. The first kappa shape index (κ1) is 27.7. The molecule has 0 radical (unpaired) electrons. The van der Waals surface area contributed by atoms with Crippen LogP contribution in [0.2, 0.25) is 0 Å². The van der Waals surface area contributed by atoms with E-state index < -0.39 is 0 Å². The van der Waals surface area contributed by atoms with E-state index in [9.17, 15) is 9.59 Å². The Balaban J connectivity index is 0.000000523. The van der Waals surface area contributed by atoms with E-state index in [1.165, 1.54) is 11.1 Å². The topological polar surface area (TPSA) is 34.1 Å². The van der Waals surface area contributed by atoms with Crippen molar-refractivity contribution in [2.24, 2.45) is 0 Å². The van der Waals surface area contributed by atoms with Gasteiger partial charge in [0, 0.05) is 23.1 Å². The first-order chi connectivity index (χ1) is 12.8. The molecule has 0 saturated carbocycles. The molecule has 0 aliphatic heterocycles. The zero-order chi connectivity index (χ0) is 21.5. The van der Waals surface area contributed by atoms with Crippen LogP contribution in [-0.2, 0) is 75.0 Å². The van der Waals surface area contributed by atoms with Crippen molar-refractivity contribution in [1.82, 2.24) is 0 Å². The van der Waals surface area contributed by atoms with E-state index in [0.717, 1.165) is 11.1 Å². The molecule has 160 valence electrons. The molecule has 0 aromatic heterocycles. The monoisotopic (exact) mass is 472 g/mol. The Hall–Kier alpha value is -1.29. The Morgan fingerprint density at radius 2 is 0.862 bits per heavy atom. The molecule has 29 heavy (non-hydrogen) atoms. The predicted molar refractivity (Wildman–Crippen MR) is 122 cm³/mol. The molecule has 0 atom stereocenters. The molecule has 0 heterocycles. The first-order valence-electron chi connectivity index (χ1n) is 9.37. The van der Waals surface area contributed by atoms with Crippen molar-refractivity contribution in [1.29, 1.82) is 0 Å². The van der Waals surface area contributed by atoms with E-state index in [-0.39, 0.29) is 37.6 Å². The number of hydrogen-bond acceptors (Lipinski definition) is 4. The SMILES string of the molecule is CC(C)(C)c1ccc(CC(=O)[S-])cc1.CC(C)(C)c1ccc(CC(=O)[S-])cc1.[Ni+2]. The van der Waals surface area contributed by atoms with Gasteiger partial charge in [-0.05, 0) is 33.1 Å². The van der Waals surface area contributed by atoms with Gasteiger partial charge >= 0.3 is 16.5 Å². The second-order valence-electron chi connectivity index (χ2n) is 8.99. The summed E-state index contributed by atoms with van der Waals surface area (Å²) < 4.78 is 0. The summed E-state index contributed by atoms with van der Waals surface area (Å²) >= 11 is 9.06. The molecule has 0 aliphatic rings. The van der Waals surface area contributed by atoms with Gasteiger partial charge in [0.1, 0.15) is 0 Å². The number of carbonyl (C=O) groups is 2. The van der Waals surface area contributed by atoms with Gasteiger partial charge in [0.05, 0.1) is 0 Å². The molecule has 0 bridgehead atoms. The van der Waals surface area contributed by atoms with Crippen LogP contribution in [-0.4, -0.2) is 10.2 Å². The summed E-state index contributed by atoms with van der Waals surface area (Å²) in [6.45, 7) is 13.0. The summed E-state index contributed by atoms with van der Waals surface area (Å²) in [6.07, 6.45) is 0.722.